The van der Waals surface area contributed by atoms with Gasteiger partial charge in [0.05, 0.1) is 16.8 Å². The molecule has 0 unspecified atom stereocenters. The molecule has 0 spiro atoms. The van der Waals surface area contributed by atoms with E-state index in [1.165, 1.54) is 18.5 Å². The Bertz CT molecular complexity index is 732. The first-order valence-electron chi connectivity index (χ1n) is 7.32. The van der Waals surface area contributed by atoms with Crippen LogP contribution in [0.4, 0.5) is 5.69 Å². The van der Waals surface area contributed by atoms with Crippen molar-refractivity contribution >= 4 is 33.4 Å². The zero-order valence-corrected chi connectivity index (χ0v) is 14.6. The first-order chi connectivity index (χ1) is 11.0. The first kappa shape index (κ1) is 17.1. The van der Waals surface area contributed by atoms with Gasteiger partial charge in [-0.2, -0.15) is 0 Å². The number of hydrogen-bond acceptors (Lipinski definition) is 3. The Labute approximate surface area is 143 Å². The van der Waals surface area contributed by atoms with E-state index in [0.717, 1.165) is 16.5 Å². The molecule has 2 rings (SSSR count). The predicted molar refractivity (Wildman–Crippen MR) is 93.7 cm³/mol. The first-order valence-corrected chi connectivity index (χ1v) is 8.11. The number of pyridine rings is 1. The summed E-state index contributed by atoms with van der Waals surface area (Å²) in [5.74, 6) is -0.544. The quantitative estimate of drug-likeness (QED) is 0.839. The van der Waals surface area contributed by atoms with E-state index in [-0.39, 0.29) is 11.8 Å². The molecule has 2 N–H and O–H groups in total. The number of carbonyl (C=O) groups excluding carboxylic acids is 2. The van der Waals surface area contributed by atoms with Crippen molar-refractivity contribution in [3.05, 3.63) is 57.8 Å². The van der Waals surface area contributed by atoms with Gasteiger partial charge in [0.15, 0.2) is 0 Å². The molecule has 1 aromatic heterocycles. The molecule has 0 bridgehead atoms. The van der Waals surface area contributed by atoms with Crippen molar-refractivity contribution in [1.82, 2.24) is 10.3 Å². The second-order valence-corrected chi connectivity index (χ2v) is 6.01. The largest absolute Gasteiger partial charge is 0.352 e. The summed E-state index contributed by atoms with van der Waals surface area (Å²) in [6, 6.07) is 7.19. The molecule has 0 fully saturated rings. The van der Waals surface area contributed by atoms with Gasteiger partial charge in [0.1, 0.15) is 0 Å². The molecule has 23 heavy (non-hydrogen) atoms. The second-order valence-electron chi connectivity index (χ2n) is 5.16. The topological polar surface area (TPSA) is 71.1 Å². The van der Waals surface area contributed by atoms with Crippen LogP contribution in [0.25, 0.3) is 0 Å². The van der Waals surface area contributed by atoms with Gasteiger partial charge in [-0.1, -0.05) is 13.0 Å². The highest BCUT2D eigenvalue weighted by molar-refractivity contribution is 9.10. The molecular formula is C17H18BrN3O2. The summed E-state index contributed by atoms with van der Waals surface area (Å²) in [6.45, 7) is 4.53. The Kier molecular flexibility index (Phi) is 5.87. The Balaban J connectivity index is 2.15. The van der Waals surface area contributed by atoms with Crippen LogP contribution in [0.5, 0.6) is 0 Å². The van der Waals surface area contributed by atoms with E-state index in [1.807, 2.05) is 32.0 Å². The Morgan fingerprint density at radius 3 is 2.48 bits per heavy atom. The molecule has 1 heterocycles. The van der Waals surface area contributed by atoms with Gasteiger partial charge in [-0.05, 0) is 53.0 Å². The molecule has 0 radical (unpaired) electrons. The number of anilines is 1. The number of amides is 2. The molecule has 0 saturated carbocycles. The highest BCUT2D eigenvalue weighted by atomic mass is 79.9. The Morgan fingerprint density at radius 1 is 1.13 bits per heavy atom. The fourth-order valence-corrected chi connectivity index (χ4v) is 2.54. The molecule has 0 aliphatic carbocycles. The summed E-state index contributed by atoms with van der Waals surface area (Å²) in [5, 5.41) is 5.57. The lowest BCUT2D eigenvalue weighted by Gasteiger charge is -2.09. The molecule has 0 saturated heterocycles. The van der Waals surface area contributed by atoms with Crippen LogP contribution in [-0.2, 0) is 0 Å². The van der Waals surface area contributed by atoms with E-state index in [0.29, 0.717) is 23.4 Å². The van der Waals surface area contributed by atoms with Crippen LogP contribution >= 0.6 is 15.9 Å². The number of aromatic nitrogens is 1. The minimum Gasteiger partial charge on any atom is -0.352 e. The molecule has 5 nitrogen and oxygen atoms in total. The van der Waals surface area contributed by atoms with Crippen molar-refractivity contribution in [1.29, 1.82) is 0 Å². The van der Waals surface area contributed by atoms with Crippen molar-refractivity contribution in [2.75, 3.05) is 11.9 Å². The lowest BCUT2D eigenvalue weighted by atomic mass is 10.1. The molecule has 120 valence electrons. The summed E-state index contributed by atoms with van der Waals surface area (Å²) in [7, 11) is 0. The molecule has 2 aromatic rings. The molecule has 6 heteroatoms. The molecule has 0 aliphatic rings. The minimum absolute atomic E-state index is 0.231. The van der Waals surface area contributed by atoms with Gasteiger partial charge in [-0.25, -0.2) is 0 Å². The number of nitrogens with one attached hydrogen (secondary N) is 2. The molecule has 2 amide bonds. The van der Waals surface area contributed by atoms with Gasteiger partial charge >= 0.3 is 0 Å². The third-order valence-corrected chi connectivity index (χ3v) is 3.83. The Morgan fingerprint density at radius 2 is 1.83 bits per heavy atom. The lowest BCUT2D eigenvalue weighted by Crippen LogP contribution is -2.24. The number of halogens is 1. The molecule has 0 aliphatic heterocycles. The van der Waals surface area contributed by atoms with Crippen LogP contribution < -0.4 is 10.6 Å². The lowest BCUT2D eigenvalue weighted by molar-refractivity contribution is 0.0953. The van der Waals surface area contributed by atoms with E-state index in [1.54, 1.807) is 0 Å². The summed E-state index contributed by atoms with van der Waals surface area (Å²) in [6.07, 6.45) is 3.73. The van der Waals surface area contributed by atoms with Gasteiger partial charge in [-0.3, -0.25) is 14.6 Å². The average Bonchev–Trinajstić information content (AvgIpc) is 2.55. The van der Waals surface area contributed by atoms with Gasteiger partial charge < -0.3 is 10.6 Å². The average molecular weight is 376 g/mol. The SMILES string of the molecule is CCCNC(=O)c1cncc(C(=O)Nc2ccc(C)cc2Br)c1. The van der Waals surface area contributed by atoms with E-state index in [2.05, 4.69) is 31.5 Å². The molecular weight excluding hydrogens is 358 g/mol. The molecule has 0 atom stereocenters. The summed E-state index contributed by atoms with van der Waals surface area (Å²) in [5.41, 5.74) is 2.46. The summed E-state index contributed by atoms with van der Waals surface area (Å²) < 4.78 is 0.802. The summed E-state index contributed by atoms with van der Waals surface area (Å²) >= 11 is 3.42. The third-order valence-electron chi connectivity index (χ3n) is 3.17. The van der Waals surface area contributed by atoms with Crippen molar-refractivity contribution < 1.29 is 9.59 Å². The number of rotatable bonds is 5. The number of benzene rings is 1. The van der Waals surface area contributed by atoms with Gasteiger partial charge in [-0.15, -0.1) is 0 Å². The van der Waals surface area contributed by atoms with E-state index < -0.39 is 0 Å². The van der Waals surface area contributed by atoms with Gasteiger partial charge in [0, 0.05) is 23.4 Å². The van der Waals surface area contributed by atoms with Crippen LogP contribution in [-0.4, -0.2) is 23.3 Å². The Hall–Kier alpha value is -2.21. The zero-order chi connectivity index (χ0) is 16.8. The van der Waals surface area contributed by atoms with Crippen molar-refractivity contribution in [3.8, 4) is 0 Å². The summed E-state index contributed by atoms with van der Waals surface area (Å²) in [4.78, 5) is 28.3. The van der Waals surface area contributed by atoms with Crippen molar-refractivity contribution in [2.45, 2.75) is 20.3 Å². The van der Waals surface area contributed by atoms with E-state index in [4.69, 9.17) is 0 Å². The normalized spacial score (nSPS) is 10.2. The maximum absolute atomic E-state index is 12.3. The fourth-order valence-electron chi connectivity index (χ4n) is 1.94. The third kappa shape index (κ3) is 4.63. The predicted octanol–water partition coefficient (Wildman–Crippen LogP) is 3.54. The van der Waals surface area contributed by atoms with Crippen LogP contribution in [0.15, 0.2) is 41.1 Å². The van der Waals surface area contributed by atoms with Crippen molar-refractivity contribution in [3.63, 3.8) is 0 Å². The number of aryl methyl sites for hydroxylation is 1. The highest BCUT2D eigenvalue weighted by Crippen LogP contribution is 2.23. The van der Waals surface area contributed by atoms with E-state index in [9.17, 15) is 9.59 Å². The van der Waals surface area contributed by atoms with Crippen LogP contribution in [0, 0.1) is 6.92 Å². The highest BCUT2D eigenvalue weighted by Gasteiger charge is 2.12. The fraction of sp³-hybridized carbons (Fsp3) is 0.235. The van der Waals surface area contributed by atoms with Crippen LogP contribution in [0.2, 0.25) is 0 Å². The monoisotopic (exact) mass is 375 g/mol. The second kappa shape index (κ2) is 7.87. The maximum atomic E-state index is 12.3. The van der Waals surface area contributed by atoms with Crippen molar-refractivity contribution in [2.24, 2.45) is 0 Å². The van der Waals surface area contributed by atoms with E-state index >= 15 is 0 Å². The number of carbonyl (C=O) groups is 2. The van der Waals surface area contributed by atoms with Crippen LogP contribution in [0.3, 0.4) is 0 Å². The number of nitrogens with zero attached hydrogens (tertiary/aromatic N) is 1. The number of hydrogen-bond donors (Lipinski definition) is 2. The molecule has 1 aromatic carbocycles. The van der Waals surface area contributed by atoms with Gasteiger partial charge in [0.2, 0.25) is 0 Å². The minimum atomic E-state index is -0.313. The maximum Gasteiger partial charge on any atom is 0.257 e. The smallest absolute Gasteiger partial charge is 0.257 e. The zero-order valence-electron chi connectivity index (χ0n) is 13.0. The standard InChI is InChI=1S/C17H18BrN3O2/c1-3-6-20-16(22)12-8-13(10-19-9-12)17(23)21-15-5-4-11(2)7-14(15)18/h4-5,7-10H,3,6H2,1-2H3,(H,20,22)(H,21,23). The van der Waals surface area contributed by atoms with Gasteiger partial charge in [0.25, 0.3) is 11.8 Å². The van der Waals surface area contributed by atoms with Crippen LogP contribution in [0.1, 0.15) is 39.6 Å².